The molecule has 8 nitrogen and oxygen atoms in total. The SMILES string of the molecule is CCN1c2ccc([N+](=O)[O-])cc2Oc2ccc([N+](=O)[O-])cc21. The summed E-state index contributed by atoms with van der Waals surface area (Å²) < 4.78 is 5.67. The van der Waals surface area contributed by atoms with Crippen LogP contribution in [0.25, 0.3) is 0 Å². The molecule has 1 aliphatic rings. The molecule has 112 valence electrons. The second kappa shape index (κ2) is 4.99. The Morgan fingerprint density at radius 3 is 2.23 bits per heavy atom. The maximum absolute atomic E-state index is 10.9. The van der Waals surface area contributed by atoms with Crippen molar-refractivity contribution < 1.29 is 14.6 Å². The average molecular weight is 301 g/mol. The van der Waals surface area contributed by atoms with Crippen LogP contribution in [0.5, 0.6) is 11.5 Å². The van der Waals surface area contributed by atoms with Crippen LogP contribution >= 0.6 is 0 Å². The predicted octanol–water partition coefficient (Wildman–Crippen LogP) is 3.77. The monoisotopic (exact) mass is 301 g/mol. The van der Waals surface area contributed by atoms with Crippen molar-refractivity contribution in [2.45, 2.75) is 6.92 Å². The Bertz CT molecular complexity index is 790. The maximum atomic E-state index is 10.9. The van der Waals surface area contributed by atoms with Crippen molar-refractivity contribution in [3.63, 3.8) is 0 Å². The van der Waals surface area contributed by atoms with Crippen LogP contribution in [0.1, 0.15) is 6.92 Å². The van der Waals surface area contributed by atoms with E-state index in [-0.39, 0.29) is 11.4 Å². The van der Waals surface area contributed by atoms with E-state index in [2.05, 4.69) is 0 Å². The fourth-order valence-electron chi connectivity index (χ4n) is 2.43. The van der Waals surface area contributed by atoms with Gasteiger partial charge in [-0.1, -0.05) is 0 Å². The largest absolute Gasteiger partial charge is 0.453 e. The third-order valence-corrected chi connectivity index (χ3v) is 3.43. The number of nitro benzene ring substituents is 2. The highest BCUT2D eigenvalue weighted by Crippen LogP contribution is 2.48. The molecule has 0 saturated carbocycles. The van der Waals surface area contributed by atoms with E-state index in [1.54, 1.807) is 6.07 Å². The van der Waals surface area contributed by atoms with Crippen molar-refractivity contribution >= 4 is 22.7 Å². The fraction of sp³-hybridized carbons (Fsp3) is 0.143. The molecule has 8 heteroatoms. The minimum absolute atomic E-state index is 0.0360. The zero-order valence-electron chi connectivity index (χ0n) is 11.6. The number of benzene rings is 2. The number of nitrogens with zero attached hydrogens (tertiary/aromatic N) is 3. The first-order chi connectivity index (χ1) is 10.5. The van der Waals surface area contributed by atoms with Gasteiger partial charge >= 0.3 is 0 Å². The molecule has 0 spiro atoms. The van der Waals surface area contributed by atoms with E-state index in [9.17, 15) is 20.2 Å². The van der Waals surface area contributed by atoms with Gasteiger partial charge in [0, 0.05) is 24.7 Å². The lowest BCUT2D eigenvalue weighted by atomic mass is 10.1. The van der Waals surface area contributed by atoms with E-state index >= 15 is 0 Å². The number of anilines is 2. The highest BCUT2D eigenvalue weighted by atomic mass is 16.6. The summed E-state index contributed by atoms with van der Waals surface area (Å²) >= 11 is 0. The molecule has 0 atom stereocenters. The molecule has 0 radical (unpaired) electrons. The average Bonchev–Trinajstić information content (AvgIpc) is 2.51. The van der Waals surface area contributed by atoms with Crippen LogP contribution in [0, 0.1) is 20.2 Å². The normalized spacial score (nSPS) is 12.1. The van der Waals surface area contributed by atoms with Crippen LogP contribution < -0.4 is 9.64 Å². The van der Waals surface area contributed by atoms with Crippen LogP contribution in [-0.2, 0) is 0 Å². The van der Waals surface area contributed by atoms with Gasteiger partial charge in [0.1, 0.15) is 0 Å². The quantitative estimate of drug-likeness (QED) is 0.632. The van der Waals surface area contributed by atoms with E-state index in [1.165, 1.54) is 30.3 Å². The Morgan fingerprint density at radius 2 is 1.59 bits per heavy atom. The molecule has 1 aliphatic heterocycles. The molecule has 0 aliphatic carbocycles. The summed E-state index contributed by atoms with van der Waals surface area (Å²) in [4.78, 5) is 22.6. The molecule has 22 heavy (non-hydrogen) atoms. The fourth-order valence-corrected chi connectivity index (χ4v) is 2.43. The van der Waals surface area contributed by atoms with Crippen molar-refractivity contribution in [3.05, 3.63) is 56.6 Å². The number of fused-ring (bicyclic) bond motifs is 2. The third-order valence-electron chi connectivity index (χ3n) is 3.43. The van der Waals surface area contributed by atoms with Gasteiger partial charge in [-0.15, -0.1) is 0 Å². The van der Waals surface area contributed by atoms with Crippen molar-refractivity contribution in [2.75, 3.05) is 11.4 Å². The summed E-state index contributed by atoms with van der Waals surface area (Å²) in [6.45, 7) is 2.43. The van der Waals surface area contributed by atoms with Gasteiger partial charge in [0.05, 0.1) is 27.3 Å². The molecule has 0 unspecified atom stereocenters. The van der Waals surface area contributed by atoms with Crippen LogP contribution in [0.15, 0.2) is 36.4 Å². The number of non-ortho nitro benzene ring substituents is 2. The Balaban J connectivity index is 2.13. The lowest BCUT2D eigenvalue weighted by Crippen LogP contribution is -2.20. The molecule has 2 aromatic carbocycles. The van der Waals surface area contributed by atoms with E-state index in [1.807, 2.05) is 11.8 Å². The zero-order valence-corrected chi connectivity index (χ0v) is 11.6. The Morgan fingerprint density at radius 1 is 0.955 bits per heavy atom. The molecule has 0 amide bonds. The Kier molecular flexibility index (Phi) is 3.13. The summed E-state index contributed by atoms with van der Waals surface area (Å²) in [7, 11) is 0. The number of hydrogen-bond acceptors (Lipinski definition) is 6. The highest BCUT2D eigenvalue weighted by molar-refractivity contribution is 5.80. The molecule has 0 saturated heterocycles. The number of nitro groups is 2. The van der Waals surface area contributed by atoms with Gasteiger partial charge < -0.3 is 9.64 Å². The van der Waals surface area contributed by atoms with Crippen LogP contribution in [0.2, 0.25) is 0 Å². The minimum Gasteiger partial charge on any atom is -0.453 e. The van der Waals surface area contributed by atoms with Gasteiger partial charge in [-0.05, 0) is 19.1 Å². The third kappa shape index (κ3) is 2.10. The molecule has 0 fully saturated rings. The Hall–Kier alpha value is -3.16. The van der Waals surface area contributed by atoms with Crippen molar-refractivity contribution in [2.24, 2.45) is 0 Å². The van der Waals surface area contributed by atoms with E-state index in [4.69, 9.17) is 4.74 Å². The van der Waals surface area contributed by atoms with Gasteiger partial charge in [0.25, 0.3) is 11.4 Å². The lowest BCUT2D eigenvalue weighted by molar-refractivity contribution is -0.385. The van der Waals surface area contributed by atoms with Gasteiger partial charge in [0.15, 0.2) is 11.5 Å². The predicted molar refractivity (Wildman–Crippen MR) is 78.9 cm³/mol. The molecule has 0 N–H and O–H groups in total. The molecular formula is C14H11N3O5. The minimum atomic E-state index is -0.495. The highest BCUT2D eigenvalue weighted by Gasteiger charge is 2.27. The summed E-state index contributed by atoms with van der Waals surface area (Å²) in [6.07, 6.45) is 0. The number of rotatable bonds is 3. The summed E-state index contributed by atoms with van der Waals surface area (Å²) in [5, 5.41) is 21.8. The van der Waals surface area contributed by atoms with Crippen molar-refractivity contribution in [1.82, 2.24) is 0 Å². The van der Waals surface area contributed by atoms with Gasteiger partial charge in [0.2, 0.25) is 0 Å². The molecular weight excluding hydrogens is 290 g/mol. The summed E-state index contributed by atoms with van der Waals surface area (Å²) in [5.74, 6) is 0.790. The molecule has 1 heterocycles. The van der Waals surface area contributed by atoms with E-state index in [0.29, 0.717) is 29.4 Å². The Labute approximate surface area is 124 Å². The molecule has 0 bridgehead atoms. The zero-order chi connectivity index (χ0) is 15.9. The maximum Gasteiger partial charge on any atom is 0.273 e. The second-order valence-corrected chi connectivity index (χ2v) is 4.66. The smallest absolute Gasteiger partial charge is 0.273 e. The van der Waals surface area contributed by atoms with Gasteiger partial charge in [-0.25, -0.2) is 0 Å². The number of hydrogen-bond donors (Lipinski definition) is 0. The van der Waals surface area contributed by atoms with E-state index in [0.717, 1.165) is 0 Å². The first-order valence-corrected chi connectivity index (χ1v) is 6.53. The van der Waals surface area contributed by atoms with E-state index < -0.39 is 9.85 Å². The first-order valence-electron chi connectivity index (χ1n) is 6.53. The lowest BCUT2D eigenvalue weighted by Gasteiger charge is -2.31. The summed E-state index contributed by atoms with van der Waals surface area (Å²) in [5.41, 5.74) is 1.10. The molecule has 2 aromatic rings. The standard InChI is InChI=1S/C14H11N3O5/c1-2-15-11-5-3-10(17(20)21)8-14(11)22-13-6-4-9(16(18)19)7-12(13)15/h3-8H,2H2,1H3. The van der Waals surface area contributed by atoms with Crippen molar-refractivity contribution in [3.8, 4) is 11.5 Å². The second-order valence-electron chi connectivity index (χ2n) is 4.66. The van der Waals surface area contributed by atoms with Crippen LogP contribution in [0.4, 0.5) is 22.7 Å². The van der Waals surface area contributed by atoms with Crippen molar-refractivity contribution in [1.29, 1.82) is 0 Å². The molecule has 3 rings (SSSR count). The first kappa shape index (κ1) is 13.8. The van der Waals surface area contributed by atoms with Crippen LogP contribution in [-0.4, -0.2) is 16.4 Å². The molecule has 0 aromatic heterocycles. The number of ether oxygens (including phenoxy) is 1. The van der Waals surface area contributed by atoms with Gasteiger partial charge in [-0.3, -0.25) is 20.2 Å². The van der Waals surface area contributed by atoms with Gasteiger partial charge in [-0.2, -0.15) is 0 Å². The summed E-state index contributed by atoms with van der Waals surface area (Å²) in [6, 6.07) is 8.59. The topological polar surface area (TPSA) is 98.8 Å². The van der Waals surface area contributed by atoms with Crippen LogP contribution in [0.3, 0.4) is 0 Å².